The predicted molar refractivity (Wildman–Crippen MR) is 80.8 cm³/mol. The first kappa shape index (κ1) is 18.7. The number of piperidine rings is 1. The lowest BCUT2D eigenvalue weighted by molar-refractivity contribution is -0.384. The van der Waals surface area contributed by atoms with Crippen LogP contribution in [-0.2, 0) is 4.79 Å². The van der Waals surface area contributed by atoms with Gasteiger partial charge < -0.3 is 10.2 Å². The van der Waals surface area contributed by atoms with Crippen molar-refractivity contribution < 1.29 is 27.7 Å². The Morgan fingerprint density at radius 3 is 2.72 bits per heavy atom. The average Bonchev–Trinajstić information content (AvgIpc) is 2.58. The molecule has 1 unspecified atom stereocenters. The van der Waals surface area contributed by atoms with Crippen LogP contribution in [0.5, 0.6) is 0 Å². The van der Waals surface area contributed by atoms with Gasteiger partial charge in [0.2, 0.25) is 5.91 Å². The molecule has 7 nitrogen and oxygen atoms in total. The Morgan fingerprint density at radius 2 is 2.08 bits per heavy atom. The van der Waals surface area contributed by atoms with E-state index in [1.807, 2.05) is 0 Å². The second kappa shape index (κ2) is 7.49. The van der Waals surface area contributed by atoms with E-state index in [0.717, 1.165) is 11.0 Å². The van der Waals surface area contributed by atoms with Crippen LogP contribution in [0.15, 0.2) is 24.3 Å². The van der Waals surface area contributed by atoms with E-state index in [0.29, 0.717) is 0 Å². The van der Waals surface area contributed by atoms with Gasteiger partial charge in [-0.05, 0) is 18.9 Å². The molecule has 25 heavy (non-hydrogen) atoms. The summed E-state index contributed by atoms with van der Waals surface area (Å²) in [5.74, 6) is -2.88. The van der Waals surface area contributed by atoms with Crippen molar-refractivity contribution in [1.29, 1.82) is 0 Å². The number of amides is 2. The van der Waals surface area contributed by atoms with Gasteiger partial charge in [-0.15, -0.1) is 0 Å². The van der Waals surface area contributed by atoms with Gasteiger partial charge in [0.15, 0.2) is 0 Å². The second-order valence-electron chi connectivity index (χ2n) is 5.71. The fourth-order valence-electron chi connectivity index (χ4n) is 2.60. The molecule has 136 valence electrons. The summed E-state index contributed by atoms with van der Waals surface area (Å²) < 4.78 is 38.3. The number of carbonyl (C=O) groups excluding carboxylic acids is 2. The first-order chi connectivity index (χ1) is 11.7. The van der Waals surface area contributed by atoms with Crippen LogP contribution in [0.1, 0.15) is 23.2 Å². The lowest BCUT2D eigenvalue weighted by Crippen LogP contribution is -2.48. The standard InChI is InChI=1S/C15H16F3N3O4/c16-15(17,18)11-4-2-6-20(9-11)13(22)8-19-14(23)10-3-1-5-12(7-10)21(24)25/h1,3,5,7,11H,2,4,6,8-9H2,(H,19,23). The third kappa shape index (κ3) is 4.91. The van der Waals surface area contributed by atoms with E-state index in [2.05, 4.69) is 5.32 Å². The minimum atomic E-state index is -4.36. The molecule has 1 aliphatic rings. The number of halogens is 3. The first-order valence-corrected chi connectivity index (χ1v) is 7.55. The minimum Gasteiger partial charge on any atom is -0.343 e. The molecule has 2 amide bonds. The molecule has 1 aliphatic heterocycles. The molecular formula is C15H16F3N3O4. The molecule has 1 fully saturated rings. The van der Waals surface area contributed by atoms with E-state index in [-0.39, 0.29) is 30.6 Å². The highest BCUT2D eigenvalue weighted by molar-refractivity contribution is 5.96. The largest absolute Gasteiger partial charge is 0.393 e. The Bertz CT molecular complexity index is 678. The van der Waals surface area contributed by atoms with Crippen LogP contribution in [0.25, 0.3) is 0 Å². The summed E-state index contributed by atoms with van der Waals surface area (Å²) in [4.78, 5) is 35.1. The number of nitrogens with one attached hydrogen (secondary N) is 1. The number of hydrogen-bond acceptors (Lipinski definition) is 4. The van der Waals surface area contributed by atoms with E-state index in [9.17, 15) is 32.9 Å². The van der Waals surface area contributed by atoms with E-state index < -0.39 is 41.9 Å². The van der Waals surface area contributed by atoms with Gasteiger partial charge in [0.25, 0.3) is 11.6 Å². The first-order valence-electron chi connectivity index (χ1n) is 7.55. The smallest absolute Gasteiger partial charge is 0.343 e. The Labute approximate surface area is 140 Å². The molecule has 0 spiro atoms. The van der Waals surface area contributed by atoms with Crippen molar-refractivity contribution in [3.63, 3.8) is 0 Å². The minimum absolute atomic E-state index is 0.00573. The van der Waals surface area contributed by atoms with Crippen molar-refractivity contribution in [2.75, 3.05) is 19.6 Å². The number of nitro benzene ring substituents is 1. The van der Waals surface area contributed by atoms with Crippen molar-refractivity contribution >= 4 is 17.5 Å². The molecule has 0 saturated carbocycles. The van der Waals surface area contributed by atoms with Crippen LogP contribution >= 0.6 is 0 Å². The molecule has 0 aromatic heterocycles. The van der Waals surface area contributed by atoms with E-state index in [1.165, 1.54) is 18.2 Å². The number of alkyl halides is 3. The van der Waals surface area contributed by atoms with Gasteiger partial charge in [-0.25, -0.2) is 0 Å². The van der Waals surface area contributed by atoms with E-state index in [1.54, 1.807) is 0 Å². The topological polar surface area (TPSA) is 92.6 Å². The van der Waals surface area contributed by atoms with Crippen LogP contribution in [0.3, 0.4) is 0 Å². The Hall–Kier alpha value is -2.65. The fraction of sp³-hybridized carbons (Fsp3) is 0.467. The summed E-state index contributed by atoms with van der Waals surface area (Å²) in [6.45, 7) is -0.681. The van der Waals surface area contributed by atoms with Gasteiger partial charge in [0.1, 0.15) is 0 Å². The fourth-order valence-corrected chi connectivity index (χ4v) is 2.60. The van der Waals surface area contributed by atoms with Crippen molar-refractivity contribution in [2.45, 2.75) is 19.0 Å². The van der Waals surface area contributed by atoms with Gasteiger partial charge in [-0.3, -0.25) is 19.7 Å². The summed E-state index contributed by atoms with van der Waals surface area (Å²) in [5, 5.41) is 13.0. The normalized spacial score (nSPS) is 17.9. The van der Waals surface area contributed by atoms with Crippen molar-refractivity contribution in [1.82, 2.24) is 10.2 Å². The zero-order valence-corrected chi connectivity index (χ0v) is 13.1. The van der Waals surface area contributed by atoms with Crippen LogP contribution < -0.4 is 5.32 Å². The molecule has 1 aromatic rings. The van der Waals surface area contributed by atoms with Crippen LogP contribution in [0.4, 0.5) is 18.9 Å². The Balaban J connectivity index is 1.92. The van der Waals surface area contributed by atoms with E-state index in [4.69, 9.17) is 0 Å². The van der Waals surface area contributed by atoms with Gasteiger partial charge >= 0.3 is 6.18 Å². The molecule has 0 aliphatic carbocycles. The third-order valence-corrected chi connectivity index (χ3v) is 3.96. The highest BCUT2D eigenvalue weighted by Gasteiger charge is 2.42. The Morgan fingerprint density at radius 1 is 1.36 bits per heavy atom. The zero-order chi connectivity index (χ0) is 18.6. The summed E-state index contributed by atoms with van der Waals surface area (Å²) >= 11 is 0. The molecule has 1 aromatic carbocycles. The molecular weight excluding hydrogens is 343 g/mol. The lowest BCUT2D eigenvalue weighted by Gasteiger charge is -2.33. The molecule has 1 N–H and O–H groups in total. The van der Waals surface area contributed by atoms with Crippen molar-refractivity contribution in [2.24, 2.45) is 5.92 Å². The number of benzene rings is 1. The molecule has 2 rings (SSSR count). The van der Waals surface area contributed by atoms with Crippen molar-refractivity contribution in [3.05, 3.63) is 39.9 Å². The van der Waals surface area contributed by atoms with Gasteiger partial charge in [-0.1, -0.05) is 6.07 Å². The van der Waals surface area contributed by atoms with Gasteiger partial charge in [-0.2, -0.15) is 13.2 Å². The predicted octanol–water partition coefficient (Wildman–Crippen LogP) is 2.13. The van der Waals surface area contributed by atoms with Gasteiger partial charge in [0, 0.05) is 30.8 Å². The summed E-state index contributed by atoms with van der Waals surface area (Å²) in [5.41, 5.74) is -0.281. The summed E-state index contributed by atoms with van der Waals surface area (Å²) in [6, 6.07) is 4.94. The molecule has 1 atom stereocenters. The summed E-state index contributed by atoms with van der Waals surface area (Å²) in [6.07, 6.45) is -4.13. The molecule has 1 saturated heterocycles. The number of nitro groups is 1. The number of hydrogen-bond donors (Lipinski definition) is 1. The molecule has 10 heteroatoms. The molecule has 1 heterocycles. The van der Waals surface area contributed by atoms with Gasteiger partial charge in [0.05, 0.1) is 17.4 Å². The summed E-state index contributed by atoms with van der Waals surface area (Å²) in [7, 11) is 0. The maximum atomic E-state index is 12.8. The van der Waals surface area contributed by atoms with Crippen LogP contribution in [0.2, 0.25) is 0 Å². The monoisotopic (exact) mass is 359 g/mol. The lowest BCUT2D eigenvalue weighted by atomic mass is 9.97. The zero-order valence-electron chi connectivity index (χ0n) is 13.1. The number of carbonyl (C=O) groups is 2. The molecule has 0 radical (unpaired) electrons. The average molecular weight is 359 g/mol. The van der Waals surface area contributed by atoms with Crippen molar-refractivity contribution in [3.8, 4) is 0 Å². The number of nitrogens with zero attached hydrogens (tertiary/aromatic N) is 2. The Kier molecular flexibility index (Phi) is 5.60. The second-order valence-corrected chi connectivity index (χ2v) is 5.71. The van der Waals surface area contributed by atoms with Crippen LogP contribution in [-0.4, -0.2) is 47.4 Å². The van der Waals surface area contributed by atoms with Crippen LogP contribution in [0, 0.1) is 16.0 Å². The number of likely N-dealkylation sites (tertiary alicyclic amines) is 1. The number of non-ortho nitro benzene ring substituents is 1. The maximum Gasteiger partial charge on any atom is 0.393 e. The SMILES string of the molecule is O=C(NCC(=O)N1CCCC(C(F)(F)F)C1)c1cccc([N+](=O)[O-])c1. The highest BCUT2D eigenvalue weighted by Crippen LogP contribution is 2.33. The highest BCUT2D eigenvalue weighted by atomic mass is 19.4. The molecule has 0 bridgehead atoms. The number of rotatable bonds is 4. The van der Waals surface area contributed by atoms with E-state index >= 15 is 0 Å². The maximum absolute atomic E-state index is 12.8. The third-order valence-electron chi connectivity index (χ3n) is 3.96. The quantitative estimate of drug-likeness (QED) is 0.658.